The molecule has 9 heteroatoms. The van der Waals surface area contributed by atoms with Gasteiger partial charge < -0.3 is 39.8 Å². The van der Waals surface area contributed by atoms with E-state index in [4.69, 9.17) is 29.4 Å². The number of carbonyl (C=O) groups excluding carboxylic acids is 1. The molecule has 0 bridgehead atoms. The maximum absolute atomic E-state index is 12.6. The highest BCUT2D eigenvalue weighted by atomic mass is 16.5. The Morgan fingerprint density at radius 1 is 0.730 bits per heavy atom. The summed E-state index contributed by atoms with van der Waals surface area (Å²) in [5, 5.41) is 13.2. The molecule has 37 heavy (non-hydrogen) atoms. The summed E-state index contributed by atoms with van der Waals surface area (Å²) in [6.45, 7) is 0. The summed E-state index contributed by atoms with van der Waals surface area (Å²) >= 11 is 0. The highest BCUT2D eigenvalue weighted by molar-refractivity contribution is 6.03. The Hall–Kier alpha value is -4.79. The van der Waals surface area contributed by atoms with E-state index < -0.39 is 5.91 Å². The van der Waals surface area contributed by atoms with E-state index in [1.54, 1.807) is 68.8 Å². The van der Waals surface area contributed by atoms with Crippen LogP contribution in [0.2, 0.25) is 0 Å². The molecule has 4 N–H and O–H groups in total. The summed E-state index contributed by atoms with van der Waals surface area (Å²) in [7, 11) is 7.59. The lowest BCUT2D eigenvalue weighted by atomic mass is 10.1. The molecule has 0 heterocycles. The molecule has 1 amide bonds. The van der Waals surface area contributed by atoms with E-state index in [9.17, 15) is 9.90 Å². The first-order valence-corrected chi connectivity index (χ1v) is 11.1. The van der Waals surface area contributed by atoms with Crippen LogP contribution in [-0.4, -0.2) is 46.6 Å². The van der Waals surface area contributed by atoms with Gasteiger partial charge in [-0.1, -0.05) is 18.2 Å². The number of benzene rings is 3. The molecule has 194 valence electrons. The number of rotatable bonds is 10. The van der Waals surface area contributed by atoms with Crippen LogP contribution >= 0.6 is 0 Å². The highest BCUT2D eigenvalue weighted by Gasteiger charge is 2.14. The largest absolute Gasteiger partial charge is 0.503 e. The van der Waals surface area contributed by atoms with Crippen molar-refractivity contribution in [3.05, 3.63) is 65.2 Å². The van der Waals surface area contributed by atoms with Crippen LogP contribution in [0, 0.1) is 0 Å². The first kappa shape index (κ1) is 26.8. The van der Waals surface area contributed by atoms with Gasteiger partial charge >= 0.3 is 0 Å². The zero-order valence-electron chi connectivity index (χ0n) is 21.3. The number of nitrogen functional groups attached to an aromatic ring is 1. The van der Waals surface area contributed by atoms with Gasteiger partial charge in [-0.2, -0.15) is 0 Å². The number of aromatic hydroxyl groups is 1. The van der Waals surface area contributed by atoms with E-state index >= 15 is 0 Å². The lowest BCUT2D eigenvalue weighted by molar-refractivity contribution is -0.111. The number of carbonyl (C=O) groups is 1. The minimum Gasteiger partial charge on any atom is -0.503 e. The molecule has 3 aromatic carbocycles. The molecule has 0 fully saturated rings. The van der Waals surface area contributed by atoms with Crippen LogP contribution in [0.1, 0.15) is 16.7 Å². The number of ether oxygens (including phenoxy) is 5. The molecule has 0 unspecified atom stereocenters. The molecule has 0 aliphatic carbocycles. The van der Waals surface area contributed by atoms with E-state index in [0.29, 0.717) is 34.2 Å². The van der Waals surface area contributed by atoms with Crippen molar-refractivity contribution in [1.29, 1.82) is 0 Å². The second-order valence-electron chi connectivity index (χ2n) is 7.74. The standard InChI is InChI=1S/C28H30N2O7/c1-33-22-10-8-17(12-20(22)29)9-11-26(31)30-21-13-18(14-23(34-2)27(21)32)6-7-19-15-24(35-3)28(37-5)25(16-19)36-4/h6-16,32H,29H2,1-5H3,(H,30,31)/b7-6+,11-9+. The van der Waals surface area contributed by atoms with Crippen LogP contribution in [0.25, 0.3) is 18.2 Å². The summed E-state index contributed by atoms with van der Waals surface area (Å²) in [6.07, 6.45) is 6.57. The number of nitrogens with one attached hydrogen (secondary N) is 1. The summed E-state index contributed by atoms with van der Waals surface area (Å²) in [5.74, 6) is 1.64. The lowest BCUT2D eigenvalue weighted by Crippen LogP contribution is -2.08. The van der Waals surface area contributed by atoms with E-state index in [1.807, 2.05) is 6.08 Å². The number of phenolic OH excluding ortho intramolecular Hbond substituents is 1. The van der Waals surface area contributed by atoms with Gasteiger partial charge in [0, 0.05) is 6.08 Å². The van der Waals surface area contributed by atoms with Crippen LogP contribution in [0.4, 0.5) is 11.4 Å². The fraction of sp³-hybridized carbons (Fsp3) is 0.179. The first-order valence-electron chi connectivity index (χ1n) is 11.1. The molecule has 0 saturated carbocycles. The predicted molar refractivity (Wildman–Crippen MR) is 145 cm³/mol. The van der Waals surface area contributed by atoms with Crippen molar-refractivity contribution in [1.82, 2.24) is 0 Å². The van der Waals surface area contributed by atoms with Crippen molar-refractivity contribution >= 4 is 35.5 Å². The third kappa shape index (κ3) is 6.46. The molecule has 0 saturated heterocycles. The monoisotopic (exact) mass is 506 g/mol. The van der Waals surface area contributed by atoms with Crippen LogP contribution in [0.5, 0.6) is 34.5 Å². The van der Waals surface area contributed by atoms with Crippen molar-refractivity contribution in [3.8, 4) is 34.5 Å². The van der Waals surface area contributed by atoms with Gasteiger partial charge in [-0.15, -0.1) is 0 Å². The Labute approximate surface area is 215 Å². The second-order valence-corrected chi connectivity index (χ2v) is 7.74. The van der Waals surface area contributed by atoms with Crippen LogP contribution < -0.4 is 34.7 Å². The normalized spacial score (nSPS) is 10.9. The van der Waals surface area contributed by atoms with Gasteiger partial charge in [0.1, 0.15) is 5.75 Å². The van der Waals surface area contributed by atoms with E-state index in [2.05, 4.69) is 5.32 Å². The molecule has 3 rings (SSSR count). The average molecular weight is 507 g/mol. The zero-order valence-corrected chi connectivity index (χ0v) is 21.3. The molecule has 0 aliphatic rings. The zero-order chi connectivity index (χ0) is 26.9. The lowest BCUT2D eigenvalue weighted by Gasteiger charge is -2.13. The SMILES string of the molecule is COc1ccc(/C=C/C(=O)Nc2cc(/C=C/c3cc(OC)c(OC)c(OC)c3)cc(OC)c2O)cc1N. The number of hydrogen-bond donors (Lipinski definition) is 3. The molecule has 0 radical (unpaired) electrons. The summed E-state index contributed by atoms with van der Waals surface area (Å²) < 4.78 is 26.6. The highest BCUT2D eigenvalue weighted by Crippen LogP contribution is 2.39. The maximum Gasteiger partial charge on any atom is 0.248 e. The van der Waals surface area contributed by atoms with Crippen molar-refractivity contribution in [2.45, 2.75) is 0 Å². The number of phenols is 1. The van der Waals surface area contributed by atoms with Gasteiger partial charge in [0.25, 0.3) is 0 Å². The number of anilines is 2. The summed E-state index contributed by atoms with van der Waals surface area (Å²) in [4.78, 5) is 12.6. The Morgan fingerprint density at radius 3 is 1.84 bits per heavy atom. The first-order chi connectivity index (χ1) is 17.8. The predicted octanol–water partition coefficient (Wildman–Crippen LogP) is 4.84. The second kappa shape index (κ2) is 12.3. The molecule has 0 aromatic heterocycles. The minimum atomic E-state index is -0.447. The molecular weight excluding hydrogens is 476 g/mol. The Balaban J connectivity index is 1.85. The van der Waals surface area contributed by atoms with E-state index in [-0.39, 0.29) is 17.2 Å². The number of nitrogens with two attached hydrogens (primary N) is 1. The van der Waals surface area contributed by atoms with Crippen molar-refractivity contribution < 1.29 is 33.6 Å². The molecule has 0 spiro atoms. The third-order valence-electron chi connectivity index (χ3n) is 5.41. The smallest absolute Gasteiger partial charge is 0.248 e. The Bertz CT molecular complexity index is 1310. The average Bonchev–Trinajstić information content (AvgIpc) is 2.91. The van der Waals surface area contributed by atoms with E-state index in [1.165, 1.54) is 27.4 Å². The molecule has 0 atom stereocenters. The number of hydrogen-bond acceptors (Lipinski definition) is 8. The maximum atomic E-state index is 12.6. The van der Waals surface area contributed by atoms with Gasteiger partial charge in [-0.25, -0.2) is 0 Å². The minimum absolute atomic E-state index is 0.188. The van der Waals surface area contributed by atoms with Crippen LogP contribution in [-0.2, 0) is 4.79 Å². The van der Waals surface area contributed by atoms with Gasteiger partial charge in [0.15, 0.2) is 23.0 Å². The van der Waals surface area contributed by atoms with Gasteiger partial charge in [0.05, 0.1) is 46.9 Å². The van der Waals surface area contributed by atoms with Gasteiger partial charge in [0.2, 0.25) is 11.7 Å². The van der Waals surface area contributed by atoms with Crippen molar-refractivity contribution in [3.63, 3.8) is 0 Å². The number of amides is 1. The van der Waals surface area contributed by atoms with Crippen molar-refractivity contribution in [2.24, 2.45) is 0 Å². The Morgan fingerprint density at radius 2 is 1.30 bits per heavy atom. The Kier molecular flexibility index (Phi) is 8.88. The van der Waals surface area contributed by atoms with Crippen LogP contribution in [0.15, 0.2) is 48.5 Å². The third-order valence-corrected chi connectivity index (χ3v) is 5.41. The van der Waals surface area contributed by atoms with Gasteiger partial charge in [-0.05, 0) is 59.2 Å². The number of methoxy groups -OCH3 is 5. The molecule has 0 aliphatic heterocycles. The quantitative estimate of drug-likeness (QED) is 0.155. The topological polar surface area (TPSA) is 122 Å². The fourth-order valence-corrected chi connectivity index (χ4v) is 3.57. The molecule has 9 nitrogen and oxygen atoms in total. The fourth-order valence-electron chi connectivity index (χ4n) is 3.57. The molecular formula is C28H30N2O7. The van der Waals surface area contributed by atoms with Gasteiger partial charge in [-0.3, -0.25) is 4.79 Å². The van der Waals surface area contributed by atoms with Crippen molar-refractivity contribution in [2.75, 3.05) is 46.6 Å². The molecule has 3 aromatic rings. The van der Waals surface area contributed by atoms with Crippen LogP contribution in [0.3, 0.4) is 0 Å². The summed E-state index contributed by atoms with van der Waals surface area (Å²) in [6, 6.07) is 12.1. The summed E-state index contributed by atoms with van der Waals surface area (Å²) in [5.41, 5.74) is 8.74. The van der Waals surface area contributed by atoms with E-state index in [0.717, 1.165) is 11.1 Å².